The van der Waals surface area contributed by atoms with Gasteiger partial charge in [0.2, 0.25) is 5.16 Å². The lowest BCUT2D eigenvalue weighted by molar-refractivity contribution is 0.0958. The molecule has 0 fully saturated rings. The Balaban J connectivity index is 1.40. The first kappa shape index (κ1) is 17.6. The van der Waals surface area contributed by atoms with E-state index >= 15 is 0 Å². The number of nitrogens with zero attached hydrogens (tertiary/aromatic N) is 4. The van der Waals surface area contributed by atoms with Crippen LogP contribution in [-0.4, -0.2) is 25.4 Å². The minimum atomic E-state index is 0.0270. The van der Waals surface area contributed by atoms with E-state index in [2.05, 4.69) is 43.1 Å². The fraction of sp³-hybridized carbons (Fsp3) is 0.200. The maximum Gasteiger partial charge on any atom is 0.253 e. The second-order valence-corrected chi connectivity index (χ2v) is 8.56. The molecule has 8 heteroatoms. The summed E-state index contributed by atoms with van der Waals surface area (Å²) in [5, 5.41) is 5.13. The molecule has 1 aliphatic rings. The number of hydrogen-bond acceptors (Lipinski definition) is 6. The Morgan fingerprint density at radius 3 is 2.82 bits per heavy atom. The highest BCUT2D eigenvalue weighted by Gasteiger charge is 2.30. The van der Waals surface area contributed by atoms with Crippen molar-refractivity contribution in [3.63, 3.8) is 0 Å². The van der Waals surface area contributed by atoms with Crippen LogP contribution in [0.5, 0.6) is 0 Å². The summed E-state index contributed by atoms with van der Waals surface area (Å²) in [6.45, 7) is 0. The molecule has 0 saturated carbocycles. The smallest absolute Gasteiger partial charge is 0.253 e. The first-order valence-corrected chi connectivity index (χ1v) is 10.6. The normalized spacial score (nSPS) is 16.5. The monoisotopic (exact) mass is 454 g/mol. The lowest BCUT2D eigenvalue weighted by Gasteiger charge is -2.20. The van der Waals surface area contributed by atoms with Gasteiger partial charge in [0.25, 0.3) is 5.78 Å². The van der Waals surface area contributed by atoms with E-state index < -0.39 is 0 Å². The average Bonchev–Trinajstić information content (AvgIpc) is 3.35. The van der Waals surface area contributed by atoms with Crippen LogP contribution >= 0.6 is 27.7 Å². The Bertz CT molecular complexity index is 1160. The van der Waals surface area contributed by atoms with Gasteiger partial charge in [-0.15, -0.1) is 5.10 Å². The molecule has 0 amide bonds. The van der Waals surface area contributed by atoms with Gasteiger partial charge in [-0.2, -0.15) is 4.98 Å². The predicted molar refractivity (Wildman–Crippen MR) is 109 cm³/mol. The molecular formula is C20H15BrN4O2S. The van der Waals surface area contributed by atoms with Crippen molar-refractivity contribution in [2.24, 2.45) is 0 Å². The second kappa shape index (κ2) is 7.18. The number of hydrogen-bond donors (Lipinski definition) is 0. The third kappa shape index (κ3) is 3.38. The highest BCUT2D eigenvalue weighted by atomic mass is 79.9. The zero-order valence-electron chi connectivity index (χ0n) is 14.7. The van der Waals surface area contributed by atoms with Gasteiger partial charge in [-0.25, -0.2) is 9.50 Å². The van der Waals surface area contributed by atoms with Crippen LogP contribution in [0.25, 0.3) is 5.78 Å². The summed E-state index contributed by atoms with van der Waals surface area (Å²) in [7, 11) is 0. The Morgan fingerprint density at radius 2 is 2.04 bits per heavy atom. The van der Waals surface area contributed by atoms with Crippen molar-refractivity contribution in [1.29, 1.82) is 0 Å². The summed E-state index contributed by atoms with van der Waals surface area (Å²) >= 11 is 4.99. The van der Waals surface area contributed by atoms with E-state index in [0.29, 0.717) is 29.3 Å². The quantitative estimate of drug-likeness (QED) is 0.416. The Morgan fingerprint density at radius 1 is 1.18 bits per heavy atom. The molecule has 28 heavy (non-hydrogen) atoms. The Hall–Kier alpha value is -2.45. The lowest BCUT2D eigenvalue weighted by atomic mass is 9.85. The van der Waals surface area contributed by atoms with Gasteiger partial charge in [-0.1, -0.05) is 39.8 Å². The van der Waals surface area contributed by atoms with Crippen LogP contribution in [0.3, 0.4) is 0 Å². The molecule has 5 rings (SSSR count). The van der Waals surface area contributed by atoms with Crippen molar-refractivity contribution in [1.82, 2.24) is 19.6 Å². The first-order chi connectivity index (χ1) is 13.7. The van der Waals surface area contributed by atoms with Gasteiger partial charge >= 0.3 is 0 Å². The Kier molecular flexibility index (Phi) is 4.52. The van der Waals surface area contributed by atoms with Gasteiger partial charge in [0, 0.05) is 35.2 Å². The van der Waals surface area contributed by atoms with Crippen molar-refractivity contribution < 1.29 is 9.21 Å². The highest BCUT2D eigenvalue weighted by molar-refractivity contribution is 9.10. The molecule has 4 aromatic rings. The third-order valence-electron chi connectivity index (χ3n) is 4.79. The van der Waals surface area contributed by atoms with Crippen molar-refractivity contribution in [3.05, 3.63) is 75.9 Å². The second-order valence-electron chi connectivity index (χ2n) is 6.70. The van der Waals surface area contributed by atoms with Gasteiger partial charge in [-0.05, 0) is 29.8 Å². The van der Waals surface area contributed by atoms with Crippen molar-refractivity contribution in [3.8, 4) is 0 Å². The average molecular weight is 455 g/mol. The molecule has 0 radical (unpaired) electrons. The summed E-state index contributed by atoms with van der Waals surface area (Å²) in [4.78, 5) is 21.8. The van der Waals surface area contributed by atoms with Crippen LogP contribution in [0.2, 0.25) is 0 Å². The number of fused-ring (bicyclic) bond motifs is 2. The third-order valence-corrected chi connectivity index (χ3v) is 6.23. The zero-order valence-corrected chi connectivity index (χ0v) is 17.1. The van der Waals surface area contributed by atoms with Crippen molar-refractivity contribution >= 4 is 39.3 Å². The van der Waals surface area contributed by atoms with Crippen LogP contribution in [-0.2, 0) is 12.2 Å². The highest BCUT2D eigenvalue weighted by Crippen LogP contribution is 2.32. The number of carbonyl (C=O) groups is 1. The zero-order chi connectivity index (χ0) is 19.1. The number of carbonyl (C=O) groups excluding carboxylic acids is 1. The number of rotatable bonds is 4. The minimum absolute atomic E-state index is 0.0270. The molecule has 0 spiro atoms. The van der Waals surface area contributed by atoms with Crippen LogP contribution < -0.4 is 0 Å². The SMILES string of the molecule is O=C1C[C@H](c2ccco2)Cc2nc3nc(SCc4ccc(Br)cc4)nn3cc21. The topological polar surface area (TPSA) is 73.3 Å². The lowest BCUT2D eigenvalue weighted by Crippen LogP contribution is -2.21. The number of halogens is 1. The molecule has 0 N–H and O–H groups in total. The molecule has 0 saturated heterocycles. The van der Waals surface area contributed by atoms with E-state index in [1.165, 1.54) is 5.56 Å². The molecule has 0 unspecified atom stereocenters. The van der Waals surface area contributed by atoms with Gasteiger partial charge in [0.1, 0.15) is 5.76 Å². The number of ketones is 1. The van der Waals surface area contributed by atoms with Crippen molar-refractivity contribution in [2.45, 2.75) is 29.7 Å². The molecule has 0 aliphatic heterocycles. The van der Waals surface area contributed by atoms with Crippen LogP contribution in [0, 0.1) is 0 Å². The summed E-state index contributed by atoms with van der Waals surface area (Å²) < 4.78 is 8.15. The Labute approximate surface area is 173 Å². The summed E-state index contributed by atoms with van der Waals surface area (Å²) in [6.07, 6.45) is 4.49. The fourth-order valence-electron chi connectivity index (χ4n) is 3.38. The molecule has 3 aromatic heterocycles. The fourth-order valence-corrected chi connectivity index (χ4v) is 4.42. The molecule has 1 aliphatic carbocycles. The molecule has 140 valence electrons. The molecule has 1 aromatic carbocycles. The van der Waals surface area contributed by atoms with Crippen LogP contribution in [0.4, 0.5) is 0 Å². The number of benzene rings is 1. The van der Waals surface area contributed by atoms with Crippen LogP contribution in [0.1, 0.15) is 39.7 Å². The van der Waals surface area contributed by atoms with E-state index in [1.54, 1.807) is 28.7 Å². The number of furan rings is 1. The largest absolute Gasteiger partial charge is 0.469 e. The van der Waals surface area contributed by atoms with Gasteiger partial charge in [-0.3, -0.25) is 4.79 Å². The number of thioether (sulfide) groups is 1. The van der Waals surface area contributed by atoms with E-state index in [0.717, 1.165) is 21.7 Å². The number of aromatic nitrogens is 4. The summed E-state index contributed by atoms with van der Waals surface area (Å²) in [6, 6.07) is 11.9. The molecule has 6 nitrogen and oxygen atoms in total. The van der Waals surface area contributed by atoms with Crippen molar-refractivity contribution in [2.75, 3.05) is 0 Å². The molecular weight excluding hydrogens is 440 g/mol. The maximum absolute atomic E-state index is 12.6. The van der Waals surface area contributed by atoms with Gasteiger partial charge in [0.15, 0.2) is 5.78 Å². The maximum atomic E-state index is 12.6. The molecule has 3 heterocycles. The van der Waals surface area contributed by atoms with Gasteiger partial charge in [0.05, 0.1) is 17.5 Å². The molecule has 1 atom stereocenters. The van der Waals surface area contributed by atoms with E-state index in [4.69, 9.17) is 4.42 Å². The van der Waals surface area contributed by atoms with E-state index in [-0.39, 0.29) is 11.7 Å². The van der Waals surface area contributed by atoms with Crippen LogP contribution in [0.15, 0.2) is 62.9 Å². The predicted octanol–water partition coefficient (Wildman–Crippen LogP) is 4.68. The number of Topliss-reactive ketones (excluding diaryl/α,β-unsaturated/α-hetero) is 1. The van der Waals surface area contributed by atoms with E-state index in [1.807, 2.05) is 24.3 Å². The summed E-state index contributed by atoms with van der Waals surface area (Å²) in [5.74, 6) is 2.21. The first-order valence-electron chi connectivity index (χ1n) is 8.86. The van der Waals surface area contributed by atoms with E-state index in [9.17, 15) is 4.79 Å². The summed E-state index contributed by atoms with van der Waals surface area (Å²) in [5.41, 5.74) is 2.59. The molecule has 0 bridgehead atoms. The van der Waals surface area contributed by atoms with Gasteiger partial charge < -0.3 is 4.42 Å². The minimum Gasteiger partial charge on any atom is -0.469 e. The standard InChI is InChI=1S/C20H15BrN4O2S/c21-14-5-3-12(4-6-14)11-28-20-23-19-22-16-8-13(18-2-1-7-27-18)9-17(26)15(16)10-25(19)24-20/h1-7,10,13H,8-9,11H2/t13-/m1/s1.